The highest BCUT2D eigenvalue weighted by Crippen LogP contribution is 2.37. The lowest BCUT2D eigenvalue weighted by molar-refractivity contribution is 0.102. The molecule has 0 radical (unpaired) electrons. The van der Waals surface area contributed by atoms with Gasteiger partial charge in [0.1, 0.15) is 5.82 Å². The van der Waals surface area contributed by atoms with E-state index < -0.39 is 0 Å². The van der Waals surface area contributed by atoms with E-state index in [1.165, 1.54) is 12.1 Å². The molecule has 1 N–H and O–H groups in total. The van der Waals surface area contributed by atoms with Crippen LogP contribution in [0.15, 0.2) is 48.5 Å². The van der Waals surface area contributed by atoms with Crippen LogP contribution in [0, 0.1) is 5.82 Å². The van der Waals surface area contributed by atoms with Gasteiger partial charge < -0.3 is 5.32 Å². The summed E-state index contributed by atoms with van der Waals surface area (Å²) in [6, 6.07) is 14.1. The van der Waals surface area contributed by atoms with Crippen molar-refractivity contribution in [3.8, 4) is 17.1 Å². The molecule has 2 heterocycles. The third kappa shape index (κ3) is 3.69. The molecule has 9 heteroatoms. The Labute approximate surface area is 189 Å². The molecule has 2 aromatic carbocycles. The lowest BCUT2D eigenvalue weighted by Gasteiger charge is -2.14. The Bertz CT molecular complexity index is 1340. The van der Waals surface area contributed by atoms with Gasteiger partial charge in [-0.1, -0.05) is 12.1 Å². The number of hydrogen-bond donors (Lipinski definition) is 1. The molecule has 1 saturated carbocycles. The molecule has 4 aromatic rings. The number of amides is 1. The first kappa shape index (κ1) is 19.8. The Hall–Kier alpha value is -3.88. The lowest BCUT2D eigenvalue weighted by Crippen LogP contribution is -2.15. The van der Waals surface area contributed by atoms with Gasteiger partial charge in [-0.05, 0) is 85.3 Å². The molecule has 0 aliphatic heterocycles. The number of halogens is 1. The number of nitrogens with one attached hydrogen (secondary N) is 1. The fraction of sp³-hybridized carbons (Fsp3) is 0.292. The molecule has 0 atom stereocenters. The monoisotopic (exact) mass is 443 g/mol. The zero-order valence-electron chi connectivity index (χ0n) is 17.9. The van der Waals surface area contributed by atoms with Crippen molar-refractivity contribution in [3.05, 3.63) is 71.3 Å². The van der Waals surface area contributed by atoms with Crippen LogP contribution in [-0.2, 0) is 12.8 Å². The minimum Gasteiger partial charge on any atom is -0.321 e. The second-order valence-corrected chi connectivity index (χ2v) is 8.58. The number of nitrogens with zero attached hydrogens (tertiary/aromatic N) is 6. The van der Waals surface area contributed by atoms with Gasteiger partial charge in [-0.15, -0.1) is 5.10 Å². The van der Waals surface area contributed by atoms with Gasteiger partial charge in [0.25, 0.3) is 5.91 Å². The summed E-state index contributed by atoms with van der Waals surface area (Å²) in [5.41, 5.74) is 4.67. The zero-order chi connectivity index (χ0) is 22.4. The van der Waals surface area contributed by atoms with Crippen molar-refractivity contribution in [2.75, 3.05) is 5.32 Å². The van der Waals surface area contributed by atoms with E-state index in [4.69, 9.17) is 0 Å². The van der Waals surface area contributed by atoms with Gasteiger partial charge in [0, 0.05) is 22.5 Å². The molecule has 2 aliphatic carbocycles. The summed E-state index contributed by atoms with van der Waals surface area (Å²) < 4.78 is 17.0. The van der Waals surface area contributed by atoms with Crippen LogP contribution in [0.4, 0.5) is 10.1 Å². The standard InChI is InChI=1S/C24H22FN7O/c25-16-8-10-18(11-9-16)31-21-7-2-1-6-20(21)22(28-31)24(33)26-17-5-3-4-15(14-17)23-27-29-30-32(23)19-12-13-19/h3-5,8-11,14,19H,1-2,6-7,12-13H2,(H,26,33). The zero-order valence-corrected chi connectivity index (χ0v) is 17.9. The fourth-order valence-corrected chi connectivity index (χ4v) is 4.45. The van der Waals surface area contributed by atoms with Crippen molar-refractivity contribution in [2.45, 2.75) is 44.6 Å². The number of anilines is 1. The molecule has 0 bridgehead atoms. The van der Waals surface area contributed by atoms with E-state index in [1.807, 2.05) is 28.9 Å². The highest BCUT2D eigenvalue weighted by atomic mass is 19.1. The number of rotatable bonds is 5. The Morgan fingerprint density at radius 2 is 1.88 bits per heavy atom. The van der Waals surface area contributed by atoms with E-state index in [1.54, 1.807) is 16.8 Å². The van der Waals surface area contributed by atoms with Crippen molar-refractivity contribution in [3.63, 3.8) is 0 Å². The predicted molar refractivity (Wildman–Crippen MR) is 120 cm³/mol. The van der Waals surface area contributed by atoms with Crippen LogP contribution >= 0.6 is 0 Å². The minimum atomic E-state index is -0.301. The molecular weight excluding hydrogens is 421 g/mol. The van der Waals surface area contributed by atoms with E-state index in [0.717, 1.165) is 61.0 Å². The smallest absolute Gasteiger partial charge is 0.276 e. The number of tetrazole rings is 1. The van der Waals surface area contributed by atoms with E-state index in [0.29, 0.717) is 23.2 Å². The lowest BCUT2D eigenvalue weighted by atomic mass is 9.95. The van der Waals surface area contributed by atoms with Crippen LogP contribution in [0.5, 0.6) is 0 Å². The molecule has 33 heavy (non-hydrogen) atoms. The Balaban J connectivity index is 1.31. The molecule has 2 aliphatic rings. The van der Waals surface area contributed by atoms with E-state index >= 15 is 0 Å². The highest BCUT2D eigenvalue weighted by Gasteiger charge is 2.29. The number of fused-ring (bicyclic) bond motifs is 1. The maximum absolute atomic E-state index is 13.4. The number of carbonyl (C=O) groups is 1. The van der Waals surface area contributed by atoms with Gasteiger partial charge in [-0.3, -0.25) is 4.79 Å². The largest absolute Gasteiger partial charge is 0.321 e. The SMILES string of the molecule is O=C(Nc1cccc(-c2nnnn2C2CC2)c1)c1nn(-c2ccc(F)cc2)c2c1CCCC2. The molecule has 166 valence electrons. The second kappa shape index (κ2) is 7.91. The van der Waals surface area contributed by atoms with Crippen LogP contribution in [0.2, 0.25) is 0 Å². The second-order valence-electron chi connectivity index (χ2n) is 8.58. The van der Waals surface area contributed by atoms with E-state index in [2.05, 4.69) is 25.9 Å². The number of benzene rings is 2. The average Bonchev–Trinajstić information content (AvgIpc) is 3.43. The highest BCUT2D eigenvalue weighted by molar-refractivity contribution is 6.04. The van der Waals surface area contributed by atoms with Gasteiger partial charge in [0.15, 0.2) is 11.5 Å². The molecule has 8 nitrogen and oxygen atoms in total. The molecule has 0 saturated heterocycles. The van der Waals surface area contributed by atoms with Crippen molar-refractivity contribution in [1.29, 1.82) is 0 Å². The Morgan fingerprint density at radius 3 is 2.70 bits per heavy atom. The van der Waals surface area contributed by atoms with Gasteiger partial charge in [0.05, 0.1) is 11.7 Å². The van der Waals surface area contributed by atoms with Crippen molar-refractivity contribution in [1.82, 2.24) is 30.0 Å². The van der Waals surface area contributed by atoms with Gasteiger partial charge in [-0.25, -0.2) is 13.8 Å². The summed E-state index contributed by atoms with van der Waals surface area (Å²) in [6.07, 6.45) is 5.86. The first-order valence-electron chi connectivity index (χ1n) is 11.2. The first-order chi connectivity index (χ1) is 16.2. The summed E-state index contributed by atoms with van der Waals surface area (Å²) >= 11 is 0. The maximum atomic E-state index is 13.4. The molecule has 2 aromatic heterocycles. The van der Waals surface area contributed by atoms with Gasteiger partial charge in [0.2, 0.25) is 0 Å². The number of aromatic nitrogens is 6. The average molecular weight is 443 g/mol. The third-order valence-electron chi connectivity index (χ3n) is 6.23. The summed E-state index contributed by atoms with van der Waals surface area (Å²) in [6.45, 7) is 0. The molecule has 1 amide bonds. The van der Waals surface area contributed by atoms with Crippen LogP contribution in [0.1, 0.15) is 53.5 Å². The normalized spacial score (nSPS) is 15.3. The first-order valence-corrected chi connectivity index (χ1v) is 11.2. The minimum absolute atomic E-state index is 0.257. The van der Waals surface area contributed by atoms with Crippen LogP contribution in [0.3, 0.4) is 0 Å². The summed E-state index contributed by atoms with van der Waals surface area (Å²) in [4.78, 5) is 13.3. The third-order valence-corrected chi connectivity index (χ3v) is 6.23. The molecule has 6 rings (SSSR count). The molecule has 0 unspecified atom stereocenters. The van der Waals surface area contributed by atoms with Crippen LogP contribution in [0.25, 0.3) is 17.1 Å². The van der Waals surface area contributed by atoms with Gasteiger partial charge in [-0.2, -0.15) is 5.10 Å². The summed E-state index contributed by atoms with van der Waals surface area (Å²) in [5.74, 6) is 0.143. The fourth-order valence-electron chi connectivity index (χ4n) is 4.45. The van der Waals surface area contributed by atoms with E-state index in [9.17, 15) is 9.18 Å². The summed E-state index contributed by atoms with van der Waals surface area (Å²) in [7, 11) is 0. The van der Waals surface area contributed by atoms with E-state index in [-0.39, 0.29) is 11.7 Å². The maximum Gasteiger partial charge on any atom is 0.276 e. The number of hydrogen-bond acceptors (Lipinski definition) is 5. The van der Waals surface area contributed by atoms with Crippen molar-refractivity contribution < 1.29 is 9.18 Å². The molecule has 1 fully saturated rings. The Kier molecular flexibility index (Phi) is 4.74. The predicted octanol–water partition coefficient (Wildman–Crippen LogP) is 4.13. The topological polar surface area (TPSA) is 90.5 Å². The molecular formula is C24H22FN7O. The Morgan fingerprint density at radius 1 is 1.06 bits per heavy atom. The van der Waals surface area contributed by atoms with Crippen molar-refractivity contribution >= 4 is 11.6 Å². The number of carbonyl (C=O) groups excluding carboxylic acids is 1. The van der Waals surface area contributed by atoms with Crippen molar-refractivity contribution in [2.24, 2.45) is 0 Å². The van der Waals surface area contributed by atoms with Crippen LogP contribution in [-0.4, -0.2) is 35.9 Å². The van der Waals surface area contributed by atoms with Gasteiger partial charge >= 0.3 is 0 Å². The quantitative estimate of drug-likeness (QED) is 0.501. The van der Waals surface area contributed by atoms with Crippen LogP contribution < -0.4 is 5.32 Å². The molecule has 0 spiro atoms. The summed E-state index contributed by atoms with van der Waals surface area (Å²) in [5, 5.41) is 19.8.